The lowest BCUT2D eigenvalue weighted by Gasteiger charge is -2.42. The van der Waals surface area contributed by atoms with E-state index in [0.717, 1.165) is 10.9 Å². The second kappa shape index (κ2) is 11.4. The summed E-state index contributed by atoms with van der Waals surface area (Å²) in [7, 11) is 1.40. The number of fused-ring (bicyclic) bond motifs is 2. The summed E-state index contributed by atoms with van der Waals surface area (Å²) in [6.45, 7) is -3.52. The first kappa shape index (κ1) is 30.6. The van der Waals surface area contributed by atoms with Crippen molar-refractivity contribution in [3.05, 3.63) is 29.3 Å². The number of hydrogen-bond donors (Lipinski definition) is 6. The summed E-state index contributed by atoms with van der Waals surface area (Å²) in [6.07, 6.45) is 1.43. The number of imidazole rings is 2. The lowest BCUT2D eigenvalue weighted by Crippen LogP contribution is -2.57. The van der Waals surface area contributed by atoms with Gasteiger partial charge in [-0.3, -0.25) is 23.4 Å². The van der Waals surface area contributed by atoms with Crippen LogP contribution < -0.4 is 17.0 Å². The van der Waals surface area contributed by atoms with E-state index in [2.05, 4.69) is 42.5 Å². The Balaban J connectivity index is 1.34. The zero-order valence-electron chi connectivity index (χ0n) is 22.2. The van der Waals surface area contributed by atoms with Crippen molar-refractivity contribution < 1.29 is 32.9 Å². The molecule has 3 unspecified atom stereocenters. The fourth-order valence-electron chi connectivity index (χ4n) is 4.74. The van der Waals surface area contributed by atoms with Gasteiger partial charge in [-0.25, -0.2) is 24.3 Å². The molecule has 5 rings (SSSR count). The topological polar surface area (TPSA) is 237 Å². The molecule has 0 amide bonds. The van der Waals surface area contributed by atoms with E-state index < -0.39 is 48.0 Å². The van der Waals surface area contributed by atoms with E-state index in [1.54, 1.807) is 4.57 Å². The van der Waals surface area contributed by atoms with Gasteiger partial charge in [0.15, 0.2) is 22.6 Å². The lowest BCUT2D eigenvalue weighted by molar-refractivity contribution is -0.211. The third-order valence-corrected chi connectivity index (χ3v) is 8.91. The highest BCUT2D eigenvalue weighted by atomic mass is 32.5. The molecule has 0 aliphatic carbocycles. The summed E-state index contributed by atoms with van der Waals surface area (Å²) in [5, 5.41) is 9.93. The van der Waals surface area contributed by atoms with Gasteiger partial charge in [-0.05, 0) is 31.6 Å². The van der Waals surface area contributed by atoms with E-state index >= 15 is 4.39 Å². The monoisotopic (exact) mass is 646 g/mol. The van der Waals surface area contributed by atoms with Gasteiger partial charge in [0.05, 0.1) is 25.9 Å². The number of aromatic amines is 1. The maximum absolute atomic E-state index is 15.3. The number of halogens is 1. The third-order valence-electron chi connectivity index (χ3n) is 6.93. The number of nitrogens with zero attached hydrogens (tertiary/aromatic N) is 7. The number of nitrogens with two attached hydrogens (primary N) is 2. The van der Waals surface area contributed by atoms with Crippen molar-refractivity contribution >= 4 is 65.2 Å². The number of H-pyrrole nitrogens is 1. The molecule has 1 aliphatic heterocycles. The van der Waals surface area contributed by atoms with Crippen LogP contribution in [-0.4, -0.2) is 86.9 Å². The summed E-state index contributed by atoms with van der Waals surface area (Å²) >= 11 is 9.27. The average Bonchev–Trinajstić information content (AvgIpc) is 3.64. The van der Waals surface area contributed by atoms with E-state index in [4.69, 9.17) is 41.8 Å². The fourth-order valence-corrected chi connectivity index (χ4v) is 6.28. The third kappa shape index (κ3) is 5.61. The van der Waals surface area contributed by atoms with Crippen molar-refractivity contribution in [3.63, 3.8) is 0 Å². The van der Waals surface area contributed by atoms with Crippen molar-refractivity contribution in [2.24, 2.45) is 0 Å². The smallest absolute Gasteiger partial charge is 0.327 e. The SMILES string of the molecule is COCC(C)(O)C1(COP(O)(=S)O[C@H](F)[C@@H](S)n2cnc3c(=O)[nH]c(N)nc32)CC[C@H](n2cnc3c(N)ncnc32)O1. The predicted molar refractivity (Wildman–Crippen MR) is 153 cm³/mol. The maximum Gasteiger partial charge on any atom is 0.327 e. The summed E-state index contributed by atoms with van der Waals surface area (Å²) in [5.41, 5.74) is 8.32. The number of ether oxygens (including phenoxy) is 2. The Morgan fingerprint density at radius 2 is 2.07 bits per heavy atom. The van der Waals surface area contributed by atoms with Gasteiger partial charge in [-0.1, -0.05) is 0 Å². The summed E-state index contributed by atoms with van der Waals surface area (Å²) in [5.74, 6) is -0.0292. The molecule has 1 fully saturated rings. The van der Waals surface area contributed by atoms with E-state index in [1.807, 2.05) is 0 Å². The molecule has 5 heterocycles. The van der Waals surface area contributed by atoms with Crippen molar-refractivity contribution in [2.75, 3.05) is 31.8 Å². The lowest BCUT2D eigenvalue weighted by atomic mass is 9.83. The molecule has 0 radical (unpaired) electrons. The number of nitrogens with one attached hydrogen (secondary N) is 1. The van der Waals surface area contributed by atoms with Gasteiger partial charge in [0, 0.05) is 7.11 Å². The highest BCUT2D eigenvalue weighted by molar-refractivity contribution is 8.07. The normalized spacial score (nSPS) is 23.6. The predicted octanol–water partition coefficient (Wildman–Crippen LogP) is 0.543. The first-order chi connectivity index (χ1) is 19.8. The van der Waals surface area contributed by atoms with Crippen molar-refractivity contribution in [2.45, 2.75) is 48.9 Å². The summed E-state index contributed by atoms with van der Waals surface area (Å²) in [6, 6.07) is 0. The molecule has 228 valence electrons. The average molecular weight is 647 g/mol. The molecule has 0 bridgehead atoms. The largest absolute Gasteiger partial charge is 0.385 e. The zero-order chi connectivity index (χ0) is 30.4. The standard InChI is InChI=1S/C21H28FN10O7PS2/c1-20(34,5-36-2)21(4-3-10(38-21)31-8-27-11-14(23)25-7-26-15(11)31)6-37-40(35,42)39-13(22)18(41)32-9-28-12-16(32)29-19(24)30-17(12)33/h7-10,13,18,34,41H,3-6H2,1-2H3,(H,35,42)(H2,23,25,26)(H3,24,29,30,33)/t10-,13+,18-,20?,21?,40?/m1/s1. The number of hydrogen-bond acceptors (Lipinski definition) is 15. The fraction of sp³-hybridized carbons (Fsp3) is 0.524. The second-order valence-electron chi connectivity index (χ2n) is 9.78. The molecule has 4 aromatic heterocycles. The van der Waals surface area contributed by atoms with Crippen LogP contribution in [-0.2, 0) is 30.3 Å². The molecule has 1 saturated heterocycles. The van der Waals surface area contributed by atoms with Gasteiger partial charge in [-0.2, -0.15) is 4.98 Å². The molecule has 0 saturated carbocycles. The van der Waals surface area contributed by atoms with Crippen molar-refractivity contribution in [1.82, 2.24) is 39.0 Å². The molecular weight excluding hydrogens is 618 g/mol. The number of rotatable bonds is 11. The number of thiol groups is 1. The number of nitrogen functional groups attached to an aromatic ring is 2. The molecular formula is C21H28FN10O7PS2. The first-order valence-electron chi connectivity index (χ1n) is 12.3. The van der Waals surface area contributed by atoms with Crippen molar-refractivity contribution in [1.29, 1.82) is 0 Å². The minimum Gasteiger partial charge on any atom is -0.385 e. The van der Waals surface area contributed by atoms with Crippen LogP contribution in [0.4, 0.5) is 16.2 Å². The second-order valence-corrected chi connectivity index (χ2v) is 13.1. The van der Waals surface area contributed by atoms with Crippen LogP contribution >= 0.6 is 19.3 Å². The zero-order valence-corrected chi connectivity index (χ0v) is 24.8. The molecule has 0 aromatic carbocycles. The molecule has 6 atom stereocenters. The molecule has 1 aliphatic rings. The Hall–Kier alpha value is -2.81. The molecule has 7 N–H and O–H groups in total. The van der Waals surface area contributed by atoms with Gasteiger partial charge < -0.3 is 35.5 Å². The number of alkyl halides is 1. The van der Waals surface area contributed by atoms with E-state index in [0.29, 0.717) is 17.6 Å². The molecule has 21 heteroatoms. The van der Waals surface area contributed by atoms with Crippen LogP contribution in [0.25, 0.3) is 22.3 Å². The van der Waals surface area contributed by atoms with E-state index in [1.165, 1.54) is 26.7 Å². The summed E-state index contributed by atoms with van der Waals surface area (Å²) < 4.78 is 40.2. The summed E-state index contributed by atoms with van der Waals surface area (Å²) in [4.78, 5) is 45.4. The first-order valence-corrected chi connectivity index (χ1v) is 15.4. The molecule has 4 aromatic rings. The van der Waals surface area contributed by atoms with Crippen LogP contribution in [0.2, 0.25) is 0 Å². The van der Waals surface area contributed by atoms with Gasteiger partial charge >= 0.3 is 6.72 Å². The molecule has 17 nitrogen and oxygen atoms in total. The van der Waals surface area contributed by atoms with E-state index in [-0.39, 0.29) is 36.0 Å². The van der Waals surface area contributed by atoms with Gasteiger partial charge in [-0.15, -0.1) is 12.6 Å². The molecule has 0 spiro atoms. The Labute approximate surface area is 247 Å². The Morgan fingerprint density at radius 1 is 1.33 bits per heavy atom. The number of aliphatic hydroxyl groups is 1. The van der Waals surface area contributed by atoms with Crippen molar-refractivity contribution in [3.8, 4) is 0 Å². The van der Waals surface area contributed by atoms with Crippen LogP contribution in [0.1, 0.15) is 31.4 Å². The number of methoxy groups -OCH3 is 1. The highest BCUT2D eigenvalue weighted by Crippen LogP contribution is 2.52. The minimum absolute atomic E-state index is 0.0614. The Kier molecular flexibility index (Phi) is 8.29. The molecule has 42 heavy (non-hydrogen) atoms. The number of aromatic nitrogens is 8. The van der Waals surface area contributed by atoms with Gasteiger partial charge in [0.25, 0.3) is 5.56 Å². The minimum atomic E-state index is -4.32. The highest BCUT2D eigenvalue weighted by Gasteiger charge is 2.55. The van der Waals surface area contributed by atoms with E-state index in [9.17, 15) is 14.8 Å². The Morgan fingerprint density at radius 3 is 2.81 bits per heavy atom. The quantitative estimate of drug-likeness (QED) is 0.0963. The maximum atomic E-state index is 15.3. The van der Waals surface area contributed by atoms with Gasteiger partial charge in [0.1, 0.15) is 34.6 Å². The van der Waals surface area contributed by atoms with Crippen LogP contribution in [0.5, 0.6) is 0 Å². The van der Waals surface area contributed by atoms with Crippen LogP contribution in [0.3, 0.4) is 0 Å². The van der Waals surface area contributed by atoms with Gasteiger partial charge in [0.2, 0.25) is 12.3 Å². The van der Waals surface area contributed by atoms with Crippen LogP contribution in [0.15, 0.2) is 23.8 Å². The Bertz CT molecular complexity index is 1720. The van der Waals surface area contributed by atoms with Crippen LogP contribution in [0, 0.1) is 0 Å². The number of anilines is 2.